The van der Waals surface area contributed by atoms with E-state index >= 15 is 0 Å². The molecule has 2 N–H and O–H groups in total. The van der Waals surface area contributed by atoms with Gasteiger partial charge in [-0.1, -0.05) is 18.2 Å². The van der Waals surface area contributed by atoms with E-state index in [1.807, 2.05) is 13.0 Å². The number of hydrazine groups is 1. The van der Waals surface area contributed by atoms with E-state index in [0.29, 0.717) is 17.1 Å². The highest BCUT2D eigenvalue weighted by Crippen LogP contribution is 2.30. The predicted octanol–water partition coefficient (Wildman–Crippen LogP) is 3.22. The molecule has 0 atom stereocenters. The number of aryl methyl sites for hydroxylation is 1. The van der Waals surface area contributed by atoms with Gasteiger partial charge < -0.3 is 9.75 Å². The Kier molecular flexibility index (Phi) is 4.70. The van der Waals surface area contributed by atoms with Crippen molar-refractivity contribution in [3.63, 3.8) is 0 Å². The molecule has 1 aromatic heterocycles. The third-order valence-corrected chi connectivity index (χ3v) is 3.03. The van der Waals surface area contributed by atoms with Crippen LogP contribution in [-0.4, -0.2) is 12.0 Å². The Bertz CT molecular complexity index is 591. The molecule has 0 amide bonds. The monoisotopic (exact) mass is 293 g/mol. The lowest BCUT2D eigenvalue weighted by molar-refractivity contribution is 0.148. The number of anilines is 1. The van der Waals surface area contributed by atoms with Crippen molar-refractivity contribution in [1.29, 1.82) is 0 Å². The van der Waals surface area contributed by atoms with Crippen LogP contribution >= 0.6 is 0 Å². The fourth-order valence-corrected chi connectivity index (χ4v) is 2.03. The molecule has 1 heterocycles. The summed E-state index contributed by atoms with van der Waals surface area (Å²) in [6, 6.07) is 9.92. The highest BCUT2D eigenvalue weighted by Gasteiger charge is 2.18. The van der Waals surface area contributed by atoms with E-state index < -0.39 is 6.43 Å². The van der Waals surface area contributed by atoms with Gasteiger partial charge in [-0.2, -0.15) is 0 Å². The van der Waals surface area contributed by atoms with Crippen LogP contribution in [0.25, 0.3) is 0 Å². The molecule has 21 heavy (non-hydrogen) atoms. The molecule has 6 heteroatoms. The summed E-state index contributed by atoms with van der Waals surface area (Å²) in [5, 5.41) is 1.30. The number of benzene rings is 1. The van der Waals surface area contributed by atoms with E-state index in [2.05, 4.69) is 4.98 Å². The maximum atomic E-state index is 13.1. The van der Waals surface area contributed by atoms with E-state index in [1.54, 1.807) is 31.3 Å². The van der Waals surface area contributed by atoms with Gasteiger partial charge in [0, 0.05) is 29.9 Å². The summed E-state index contributed by atoms with van der Waals surface area (Å²) in [5.74, 6) is 6.09. The van der Waals surface area contributed by atoms with E-state index in [1.165, 1.54) is 11.1 Å². The van der Waals surface area contributed by atoms with E-state index in [-0.39, 0.29) is 12.2 Å². The number of halogens is 2. The Morgan fingerprint density at radius 3 is 2.57 bits per heavy atom. The molecule has 0 spiro atoms. The van der Waals surface area contributed by atoms with Crippen LogP contribution in [0.1, 0.15) is 23.2 Å². The van der Waals surface area contributed by atoms with E-state index in [4.69, 9.17) is 10.6 Å². The summed E-state index contributed by atoms with van der Waals surface area (Å²) in [5.41, 5.74) is 1.57. The van der Waals surface area contributed by atoms with Crippen LogP contribution in [-0.2, 0) is 6.61 Å². The second-order valence-corrected chi connectivity index (χ2v) is 4.66. The number of nitrogens with zero attached hydrogens (tertiary/aromatic N) is 2. The van der Waals surface area contributed by atoms with Crippen molar-refractivity contribution >= 4 is 5.69 Å². The minimum absolute atomic E-state index is 0.0200. The molecule has 0 bridgehead atoms. The van der Waals surface area contributed by atoms with Crippen LogP contribution in [0.4, 0.5) is 14.5 Å². The summed E-state index contributed by atoms with van der Waals surface area (Å²) in [6.07, 6.45) is -2.59. The third kappa shape index (κ3) is 3.66. The Morgan fingerprint density at radius 1 is 1.24 bits per heavy atom. The minimum Gasteiger partial charge on any atom is -0.473 e. The molecule has 0 fully saturated rings. The predicted molar refractivity (Wildman–Crippen MR) is 77.3 cm³/mol. The van der Waals surface area contributed by atoms with Gasteiger partial charge in [0.25, 0.3) is 6.43 Å². The molecular weight excluding hydrogens is 276 g/mol. The summed E-state index contributed by atoms with van der Waals surface area (Å²) in [7, 11) is 1.60. The zero-order valence-corrected chi connectivity index (χ0v) is 11.9. The molecule has 0 unspecified atom stereocenters. The normalized spacial score (nSPS) is 10.8. The molecule has 0 saturated carbocycles. The second-order valence-electron chi connectivity index (χ2n) is 4.66. The van der Waals surface area contributed by atoms with Gasteiger partial charge in [0.1, 0.15) is 6.61 Å². The van der Waals surface area contributed by atoms with Crippen LogP contribution in [0.5, 0.6) is 5.88 Å². The van der Waals surface area contributed by atoms with Gasteiger partial charge in [-0.25, -0.2) is 19.6 Å². The van der Waals surface area contributed by atoms with Gasteiger partial charge in [-0.3, -0.25) is 0 Å². The molecule has 112 valence electrons. The van der Waals surface area contributed by atoms with Crippen LogP contribution in [0.3, 0.4) is 0 Å². The lowest BCUT2D eigenvalue weighted by Crippen LogP contribution is -2.27. The fourth-order valence-electron chi connectivity index (χ4n) is 2.03. The van der Waals surface area contributed by atoms with Crippen molar-refractivity contribution in [2.75, 3.05) is 12.1 Å². The third-order valence-electron chi connectivity index (χ3n) is 3.03. The molecule has 4 nitrogen and oxygen atoms in total. The Labute approximate surface area is 122 Å². The zero-order valence-electron chi connectivity index (χ0n) is 11.9. The lowest BCUT2D eigenvalue weighted by Gasteiger charge is -2.20. The van der Waals surface area contributed by atoms with E-state index in [0.717, 1.165) is 5.69 Å². The van der Waals surface area contributed by atoms with Crippen molar-refractivity contribution in [2.45, 2.75) is 20.0 Å². The summed E-state index contributed by atoms with van der Waals surface area (Å²) in [4.78, 5) is 4.18. The number of hydrogen-bond donors (Lipinski definition) is 1. The number of ether oxygens (including phenoxy) is 1. The van der Waals surface area contributed by atoms with Crippen molar-refractivity contribution in [3.05, 3.63) is 53.2 Å². The molecule has 0 aliphatic carbocycles. The molecule has 2 rings (SSSR count). The van der Waals surface area contributed by atoms with Crippen molar-refractivity contribution < 1.29 is 13.5 Å². The molecule has 1 aromatic carbocycles. The standard InChI is InChI=1S/C15H17F2N3O/c1-10-5-3-8-14(19-10)21-9-12-11(15(16)17)6-4-7-13(12)20(2)18/h3-8,15H,9,18H2,1-2H3. The maximum absolute atomic E-state index is 13.1. The SMILES string of the molecule is Cc1cccc(OCc2c(C(F)F)cccc2N(C)N)n1. The van der Waals surface area contributed by atoms with Crippen LogP contribution in [0, 0.1) is 6.92 Å². The number of pyridine rings is 1. The number of alkyl halides is 2. The largest absolute Gasteiger partial charge is 0.473 e. The first-order valence-electron chi connectivity index (χ1n) is 6.44. The van der Waals surface area contributed by atoms with Crippen molar-refractivity contribution in [2.24, 2.45) is 5.84 Å². The molecule has 0 aliphatic heterocycles. The Morgan fingerprint density at radius 2 is 1.95 bits per heavy atom. The average Bonchev–Trinajstić information content (AvgIpc) is 2.44. The smallest absolute Gasteiger partial charge is 0.264 e. The highest BCUT2D eigenvalue weighted by atomic mass is 19.3. The molecule has 0 aliphatic rings. The summed E-state index contributed by atoms with van der Waals surface area (Å²) < 4.78 is 31.8. The summed E-state index contributed by atoms with van der Waals surface area (Å²) in [6.45, 7) is 1.81. The van der Waals surface area contributed by atoms with Gasteiger partial charge in [-0.05, 0) is 19.1 Å². The lowest BCUT2D eigenvalue weighted by atomic mass is 10.1. The number of hydrogen-bond acceptors (Lipinski definition) is 4. The van der Waals surface area contributed by atoms with Gasteiger partial charge in [0.05, 0.1) is 5.69 Å². The maximum Gasteiger partial charge on any atom is 0.264 e. The second kappa shape index (κ2) is 6.49. The van der Waals surface area contributed by atoms with Crippen molar-refractivity contribution in [3.8, 4) is 5.88 Å². The van der Waals surface area contributed by atoms with Gasteiger partial charge in [-0.15, -0.1) is 0 Å². The first-order valence-corrected chi connectivity index (χ1v) is 6.44. The van der Waals surface area contributed by atoms with Crippen molar-refractivity contribution in [1.82, 2.24) is 4.98 Å². The molecule has 0 radical (unpaired) electrons. The minimum atomic E-state index is -2.59. The Hall–Kier alpha value is -2.21. The van der Waals surface area contributed by atoms with Crippen LogP contribution in [0.15, 0.2) is 36.4 Å². The average molecular weight is 293 g/mol. The summed E-state index contributed by atoms with van der Waals surface area (Å²) >= 11 is 0. The van der Waals surface area contributed by atoms with Crippen LogP contribution in [0.2, 0.25) is 0 Å². The number of rotatable bonds is 5. The van der Waals surface area contributed by atoms with Gasteiger partial charge in [0.15, 0.2) is 0 Å². The topological polar surface area (TPSA) is 51.4 Å². The quantitative estimate of drug-likeness (QED) is 0.679. The van der Waals surface area contributed by atoms with Gasteiger partial charge >= 0.3 is 0 Å². The molecule has 2 aromatic rings. The molecular formula is C15H17F2N3O. The fraction of sp³-hybridized carbons (Fsp3) is 0.267. The first kappa shape index (κ1) is 15.2. The number of nitrogens with two attached hydrogens (primary N) is 1. The van der Waals surface area contributed by atoms with Crippen LogP contribution < -0.4 is 15.6 Å². The number of aromatic nitrogens is 1. The van der Waals surface area contributed by atoms with E-state index in [9.17, 15) is 8.78 Å². The zero-order chi connectivity index (χ0) is 15.4. The Balaban J connectivity index is 2.29. The first-order chi connectivity index (χ1) is 9.99. The highest BCUT2D eigenvalue weighted by molar-refractivity contribution is 5.55. The molecule has 0 saturated heterocycles. The van der Waals surface area contributed by atoms with Gasteiger partial charge in [0.2, 0.25) is 5.88 Å².